The van der Waals surface area contributed by atoms with Crippen molar-refractivity contribution in [2.75, 3.05) is 0 Å². The number of nitrogens with two attached hydrogens (primary N) is 1. The fourth-order valence-electron chi connectivity index (χ4n) is 0.980. The zero-order valence-electron chi connectivity index (χ0n) is 8.36. The number of carboxylic acid groups (broad SMARTS) is 1. The molecule has 0 spiro atoms. The molecule has 0 bridgehead atoms. The predicted molar refractivity (Wildman–Crippen MR) is 56.6 cm³/mol. The van der Waals surface area contributed by atoms with Crippen LogP contribution in [0.25, 0.3) is 0 Å². The van der Waals surface area contributed by atoms with Gasteiger partial charge in [-0.2, -0.15) is 0 Å². The zero-order chi connectivity index (χ0) is 10.3. The highest BCUT2D eigenvalue weighted by atomic mass is 35.5. The molecule has 14 heavy (non-hydrogen) atoms. The molecule has 0 saturated carbocycles. The van der Waals surface area contributed by atoms with Crippen LogP contribution in [0, 0.1) is 0 Å². The number of carboxylic acids is 1. The zero-order valence-corrected chi connectivity index (χ0v) is 9.18. The molecule has 0 aromatic rings. The number of halogens is 1. The van der Waals surface area contributed by atoms with Crippen molar-refractivity contribution in [2.45, 2.75) is 45.1 Å². The fourth-order valence-corrected chi connectivity index (χ4v) is 0.980. The van der Waals surface area contributed by atoms with Crippen molar-refractivity contribution in [2.24, 2.45) is 5.73 Å². The number of aliphatic carboxylic acids is 1. The summed E-state index contributed by atoms with van der Waals surface area (Å²) in [4.78, 5) is 21.1. The largest absolute Gasteiger partial charge is 0.481 e. The fraction of sp³-hybridized carbons (Fsp3) is 0.778. The highest BCUT2D eigenvalue weighted by molar-refractivity contribution is 5.85. The second kappa shape index (κ2) is 8.97. The normalized spacial score (nSPS) is 11.6. The Kier molecular flexibility index (Phi) is 10.1. The number of Topliss-reactive ketones (excluding diaryl/α,β-unsaturated/α-hetero) is 1. The molecule has 0 unspecified atom stereocenters. The number of unbranched alkanes of at least 4 members (excludes halogenated alkanes) is 2. The van der Waals surface area contributed by atoms with Gasteiger partial charge < -0.3 is 10.8 Å². The smallest absolute Gasteiger partial charge is 0.303 e. The van der Waals surface area contributed by atoms with E-state index in [0.717, 1.165) is 12.8 Å². The second-order valence-corrected chi connectivity index (χ2v) is 3.21. The lowest BCUT2D eigenvalue weighted by molar-refractivity contribution is -0.137. The first kappa shape index (κ1) is 15.8. The molecular formula is C9H18ClNO3. The van der Waals surface area contributed by atoms with Crippen molar-refractivity contribution in [1.82, 2.24) is 0 Å². The van der Waals surface area contributed by atoms with Gasteiger partial charge in [-0.05, 0) is 19.8 Å². The van der Waals surface area contributed by atoms with Crippen LogP contribution in [-0.4, -0.2) is 22.9 Å². The van der Waals surface area contributed by atoms with E-state index in [-0.39, 0.29) is 30.7 Å². The van der Waals surface area contributed by atoms with E-state index in [4.69, 9.17) is 10.8 Å². The van der Waals surface area contributed by atoms with Crippen LogP contribution >= 0.6 is 12.4 Å². The number of ketones is 1. The van der Waals surface area contributed by atoms with Crippen LogP contribution in [0.4, 0.5) is 0 Å². The van der Waals surface area contributed by atoms with Gasteiger partial charge in [-0.1, -0.05) is 6.42 Å². The van der Waals surface area contributed by atoms with Gasteiger partial charge in [-0.3, -0.25) is 9.59 Å². The van der Waals surface area contributed by atoms with Crippen LogP contribution in [-0.2, 0) is 9.59 Å². The lowest BCUT2D eigenvalue weighted by atomic mass is 10.1. The molecule has 0 aliphatic carbocycles. The summed E-state index contributed by atoms with van der Waals surface area (Å²) in [6, 6.07) is -0.389. The van der Waals surface area contributed by atoms with Crippen molar-refractivity contribution >= 4 is 24.2 Å². The molecule has 0 aliphatic heterocycles. The summed E-state index contributed by atoms with van der Waals surface area (Å²) >= 11 is 0. The van der Waals surface area contributed by atoms with Gasteiger partial charge in [0.05, 0.1) is 6.04 Å². The highest BCUT2D eigenvalue weighted by Gasteiger charge is 2.06. The first-order chi connectivity index (χ1) is 6.04. The molecule has 4 nitrogen and oxygen atoms in total. The molecule has 1 atom stereocenters. The standard InChI is InChI=1S/C9H17NO3.ClH/c1-7(10)8(11)5-3-2-4-6-9(12)13;/h7H,2-6,10H2,1H3,(H,12,13);1H/t7-;/m0./s1. The average molecular weight is 224 g/mol. The van der Waals surface area contributed by atoms with E-state index >= 15 is 0 Å². The van der Waals surface area contributed by atoms with E-state index in [1.54, 1.807) is 6.92 Å². The summed E-state index contributed by atoms with van der Waals surface area (Å²) < 4.78 is 0. The molecular weight excluding hydrogens is 206 g/mol. The summed E-state index contributed by atoms with van der Waals surface area (Å²) in [5.41, 5.74) is 5.36. The minimum absolute atomic E-state index is 0. The molecule has 5 heteroatoms. The third kappa shape index (κ3) is 9.48. The summed E-state index contributed by atoms with van der Waals surface area (Å²) in [7, 11) is 0. The van der Waals surface area contributed by atoms with Crippen molar-refractivity contribution in [3.63, 3.8) is 0 Å². The predicted octanol–water partition coefficient (Wildman–Crippen LogP) is 1.36. The number of hydrogen-bond donors (Lipinski definition) is 2. The number of rotatable bonds is 7. The maximum atomic E-state index is 11.0. The van der Waals surface area contributed by atoms with Gasteiger partial charge in [-0.15, -0.1) is 12.4 Å². The molecule has 0 aliphatic rings. The maximum absolute atomic E-state index is 11.0. The monoisotopic (exact) mass is 223 g/mol. The van der Waals surface area contributed by atoms with Gasteiger partial charge in [0.1, 0.15) is 5.78 Å². The van der Waals surface area contributed by atoms with Crippen LogP contribution in [0.1, 0.15) is 39.0 Å². The van der Waals surface area contributed by atoms with Crippen LogP contribution in [0.2, 0.25) is 0 Å². The van der Waals surface area contributed by atoms with Crippen molar-refractivity contribution in [1.29, 1.82) is 0 Å². The summed E-state index contributed by atoms with van der Waals surface area (Å²) in [6.07, 6.45) is 2.82. The minimum Gasteiger partial charge on any atom is -0.481 e. The molecule has 0 heterocycles. The molecule has 0 radical (unpaired) electrons. The Hall–Kier alpha value is -0.610. The molecule has 84 valence electrons. The first-order valence-corrected chi connectivity index (χ1v) is 4.54. The lowest BCUT2D eigenvalue weighted by Crippen LogP contribution is -2.26. The van der Waals surface area contributed by atoms with E-state index < -0.39 is 5.97 Å². The van der Waals surface area contributed by atoms with Gasteiger partial charge in [0, 0.05) is 12.8 Å². The number of carbonyl (C=O) groups is 2. The van der Waals surface area contributed by atoms with Gasteiger partial charge in [0.2, 0.25) is 0 Å². The van der Waals surface area contributed by atoms with Gasteiger partial charge >= 0.3 is 5.97 Å². The highest BCUT2D eigenvalue weighted by Crippen LogP contribution is 2.04. The summed E-state index contributed by atoms with van der Waals surface area (Å²) in [5, 5.41) is 8.32. The third-order valence-electron chi connectivity index (χ3n) is 1.82. The van der Waals surface area contributed by atoms with E-state index in [2.05, 4.69) is 0 Å². The molecule has 0 rings (SSSR count). The van der Waals surface area contributed by atoms with Crippen molar-refractivity contribution in [3.8, 4) is 0 Å². The van der Waals surface area contributed by atoms with E-state index in [1.165, 1.54) is 0 Å². The Morgan fingerprint density at radius 1 is 1.21 bits per heavy atom. The van der Waals surface area contributed by atoms with Crippen LogP contribution in [0.5, 0.6) is 0 Å². The third-order valence-corrected chi connectivity index (χ3v) is 1.82. The number of carbonyl (C=O) groups excluding carboxylic acids is 1. The Morgan fingerprint density at radius 2 is 1.71 bits per heavy atom. The van der Waals surface area contributed by atoms with Gasteiger partial charge in [-0.25, -0.2) is 0 Å². The lowest BCUT2D eigenvalue weighted by Gasteiger charge is -2.02. The van der Waals surface area contributed by atoms with Gasteiger partial charge in [0.15, 0.2) is 0 Å². The van der Waals surface area contributed by atoms with Crippen LogP contribution in [0.15, 0.2) is 0 Å². The van der Waals surface area contributed by atoms with E-state index in [0.29, 0.717) is 12.8 Å². The first-order valence-electron chi connectivity index (χ1n) is 4.54. The quantitative estimate of drug-likeness (QED) is 0.639. The maximum Gasteiger partial charge on any atom is 0.303 e. The molecule has 0 fully saturated rings. The van der Waals surface area contributed by atoms with Crippen LogP contribution in [0.3, 0.4) is 0 Å². The minimum atomic E-state index is -0.779. The Morgan fingerprint density at radius 3 is 2.14 bits per heavy atom. The van der Waals surface area contributed by atoms with Crippen molar-refractivity contribution in [3.05, 3.63) is 0 Å². The van der Waals surface area contributed by atoms with Gasteiger partial charge in [0.25, 0.3) is 0 Å². The SMILES string of the molecule is C[C@H](N)C(=O)CCCCCC(=O)O.Cl. The second-order valence-electron chi connectivity index (χ2n) is 3.21. The molecule has 0 aromatic heterocycles. The van der Waals surface area contributed by atoms with Crippen molar-refractivity contribution < 1.29 is 14.7 Å². The van der Waals surface area contributed by atoms with E-state index in [1.807, 2.05) is 0 Å². The molecule has 3 N–H and O–H groups in total. The molecule has 0 aromatic carbocycles. The van der Waals surface area contributed by atoms with Crippen LogP contribution < -0.4 is 5.73 Å². The molecule has 0 saturated heterocycles. The average Bonchev–Trinajstić information content (AvgIpc) is 2.02. The summed E-state index contributed by atoms with van der Waals surface area (Å²) in [5.74, 6) is -0.728. The molecule has 0 amide bonds. The Bertz CT molecular complexity index is 183. The number of hydrogen-bond acceptors (Lipinski definition) is 3. The van der Waals surface area contributed by atoms with E-state index in [9.17, 15) is 9.59 Å². The Labute approximate surface area is 90.3 Å². The topological polar surface area (TPSA) is 80.4 Å². The Balaban J connectivity index is 0. The summed E-state index contributed by atoms with van der Waals surface area (Å²) in [6.45, 7) is 1.67.